The van der Waals surface area contributed by atoms with Gasteiger partial charge in [-0.25, -0.2) is 13.1 Å². The standard InChI is InChI=1S/C13H22N2O2S2/c1-10-8-13(18-12(10)9-14-2)19(16,17)15-11-6-4-3-5-7-11/h8,11,14-15H,3-7,9H2,1-2H3. The average Bonchev–Trinajstić information content (AvgIpc) is 2.73. The van der Waals surface area contributed by atoms with Gasteiger partial charge in [0.2, 0.25) is 10.0 Å². The van der Waals surface area contributed by atoms with E-state index in [0.717, 1.165) is 42.7 Å². The molecule has 0 unspecified atom stereocenters. The highest BCUT2D eigenvalue weighted by Gasteiger charge is 2.24. The van der Waals surface area contributed by atoms with Gasteiger partial charge >= 0.3 is 0 Å². The molecule has 1 aliphatic rings. The maximum absolute atomic E-state index is 12.3. The molecule has 108 valence electrons. The minimum atomic E-state index is -3.34. The van der Waals surface area contributed by atoms with Crippen molar-refractivity contribution in [2.75, 3.05) is 7.05 Å². The Morgan fingerprint density at radius 1 is 1.32 bits per heavy atom. The first-order valence-corrected chi connectivity index (χ1v) is 9.09. The second-order valence-corrected chi connectivity index (χ2v) is 8.24. The Kier molecular flexibility index (Phi) is 5.00. The summed E-state index contributed by atoms with van der Waals surface area (Å²) in [4.78, 5) is 1.09. The topological polar surface area (TPSA) is 58.2 Å². The van der Waals surface area contributed by atoms with Gasteiger partial charge in [0.25, 0.3) is 0 Å². The minimum absolute atomic E-state index is 0.119. The van der Waals surface area contributed by atoms with Crippen molar-refractivity contribution in [2.45, 2.75) is 55.8 Å². The molecular formula is C13H22N2O2S2. The predicted molar refractivity (Wildman–Crippen MR) is 79.0 cm³/mol. The normalized spacial score (nSPS) is 17.8. The van der Waals surface area contributed by atoms with Crippen LogP contribution in [0, 0.1) is 6.92 Å². The summed E-state index contributed by atoms with van der Waals surface area (Å²) in [7, 11) is -1.47. The summed E-state index contributed by atoms with van der Waals surface area (Å²) in [5, 5.41) is 3.07. The average molecular weight is 302 g/mol. The summed E-state index contributed by atoms with van der Waals surface area (Å²) < 4.78 is 28.0. The van der Waals surface area contributed by atoms with E-state index in [1.54, 1.807) is 6.07 Å². The van der Waals surface area contributed by atoms with Crippen molar-refractivity contribution in [3.8, 4) is 0 Å². The molecule has 2 N–H and O–H groups in total. The molecule has 19 heavy (non-hydrogen) atoms. The Hall–Kier alpha value is -0.430. The van der Waals surface area contributed by atoms with E-state index < -0.39 is 10.0 Å². The highest BCUT2D eigenvalue weighted by Crippen LogP contribution is 2.27. The first kappa shape index (κ1) is 15.0. The minimum Gasteiger partial charge on any atom is -0.315 e. The first-order valence-electron chi connectivity index (χ1n) is 6.79. The Bertz CT molecular complexity index is 517. The molecule has 4 nitrogen and oxygen atoms in total. The number of thiophene rings is 1. The zero-order chi connectivity index (χ0) is 13.9. The maximum atomic E-state index is 12.3. The van der Waals surface area contributed by atoms with E-state index in [9.17, 15) is 8.42 Å². The SMILES string of the molecule is CNCc1sc(S(=O)(=O)NC2CCCCC2)cc1C. The summed E-state index contributed by atoms with van der Waals surface area (Å²) in [6, 6.07) is 1.90. The molecule has 1 heterocycles. The van der Waals surface area contributed by atoms with Gasteiger partial charge in [-0.05, 0) is 38.4 Å². The van der Waals surface area contributed by atoms with E-state index >= 15 is 0 Å². The van der Waals surface area contributed by atoms with Crippen LogP contribution in [-0.2, 0) is 16.6 Å². The lowest BCUT2D eigenvalue weighted by Crippen LogP contribution is -2.35. The molecular weight excluding hydrogens is 280 g/mol. The van der Waals surface area contributed by atoms with Crippen LogP contribution >= 0.6 is 11.3 Å². The number of nitrogens with one attached hydrogen (secondary N) is 2. The van der Waals surface area contributed by atoms with Crippen molar-refractivity contribution < 1.29 is 8.42 Å². The Balaban J connectivity index is 2.12. The second kappa shape index (κ2) is 6.35. The van der Waals surface area contributed by atoms with Crippen molar-refractivity contribution >= 4 is 21.4 Å². The third-order valence-electron chi connectivity index (χ3n) is 3.53. The molecule has 0 amide bonds. The number of hydrogen-bond donors (Lipinski definition) is 2. The van der Waals surface area contributed by atoms with Crippen LogP contribution in [0.25, 0.3) is 0 Å². The summed E-state index contributed by atoms with van der Waals surface area (Å²) >= 11 is 1.37. The van der Waals surface area contributed by atoms with Crippen LogP contribution in [0.15, 0.2) is 10.3 Å². The van der Waals surface area contributed by atoms with Gasteiger partial charge in [-0.1, -0.05) is 19.3 Å². The van der Waals surface area contributed by atoms with Crippen LogP contribution in [0.1, 0.15) is 42.5 Å². The second-order valence-electron chi connectivity index (χ2n) is 5.16. The van der Waals surface area contributed by atoms with Gasteiger partial charge in [-0.15, -0.1) is 11.3 Å². The molecule has 0 atom stereocenters. The van der Waals surface area contributed by atoms with Crippen LogP contribution in [-0.4, -0.2) is 21.5 Å². The van der Waals surface area contributed by atoms with Gasteiger partial charge in [-0.3, -0.25) is 0 Å². The molecule has 6 heteroatoms. The van der Waals surface area contributed by atoms with Gasteiger partial charge in [0.05, 0.1) is 0 Å². The van der Waals surface area contributed by atoms with Crippen molar-refractivity contribution in [1.29, 1.82) is 0 Å². The van der Waals surface area contributed by atoms with Crippen molar-refractivity contribution in [3.63, 3.8) is 0 Å². The maximum Gasteiger partial charge on any atom is 0.250 e. The summed E-state index contributed by atoms with van der Waals surface area (Å²) in [5.74, 6) is 0. The lowest BCUT2D eigenvalue weighted by atomic mass is 9.96. The van der Waals surface area contributed by atoms with E-state index in [1.165, 1.54) is 17.8 Å². The molecule has 1 fully saturated rings. The van der Waals surface area contributed by atoms with Gasteiger partial charge in [0.1, 0.15) is 4.21 Å². The van der Waals surface area contributed by atoms with E-state index in [4.69, 9.17) is 0 Å². The zero-order valence-electron chi connectivity index (χ0n) is 11.5. The molecule has 1 aromatic rings. The van der Waals surface area contributed by atoms with Crippen molar-refractivity contribution in [1.82, 2.24) is 10.0 Å². The Morgan fingerprint density at radius 3 is 2.63 bits per heavy atom. The Morgan fingerprint density at radius 2 is 2.00 bits per heavy atom. The summed E-state index contributed by atoms with van der Waals surface area (Å²) in [5.41, 5.74) is 1.04. The van der Waals surface area contributed by atoms with E-state index in [2.05, 4.69) is 10.0 Å². The monoisotopic (exact) mass is 302 g/mol. The number of sulfonamides is 1. The van der Waals surface area contributed by atoms with Gasteiger partial charge in [-0.2, -0.15) is 0 Å². The van der Waals surface area contributed by atoms with Crippen LogP contribution in [0.3, 0.4) is 0 Å². The molecule has 0 radical (unpaired) electrons. The largest absolute Gasteiger partial charge is 0.315 e. The molecule has 0 bridgehead atoms. The first-order chi connectivity index (χ1) is 9.03. The smallest absolute Gasteiger partial charge is 0.250 e. The van der Waals surface area contributed by atoms with E-state index in [-0.39, 0.29) is 6.04 Å². The zero-order valence-corrected chi connectivity index (χ0v) is 13.2. The van der Waals surface area contributed by atoms with Crippen LogP contribution < -0.4 is 10.0 Å². The van der Waals surface area contributed by atoms with E-state index in [1.807, 2.05) is 14.0 Å². The molecule has 1 saturated carbocycles. The molecule has 0 aromatic carbocycles. The fourth-order valence-electron chi connectivity index (χ4n) is 2.46. The van der Waals surface area contributed by atoms with Gasteiger partial charge < -0.3 is 5.32 Å². The predicted octanol–water partition coefficient (Wildman–Crippen LogP) is 2.39. The lowest BCUT2D eigenvalue weighted by molar-refractivity contribution is 0.412. The van der Waals surface area contributed by atoms with Crippen LogP contribution in [0.4, 0.5) is 0 Å². The molecule has 1 aromatic heterocycles. The molecule has 1 aliphatic carbocycles. The third kappa shape index (κ3) is 3.78. The van der Waals surface area contributed by atoms with E-state index in [0.29, 0.717) is 4.21 Å². The van der Waals surface area contributed by atoms with Gasteiger partial charge in [0, 0.05) is 17.5 Å². The number of aryl methyl sites for hydroxylation is 1. The molecule has 2 rings (SSSR count). The molecule has 0 aliphatic heterocycles. The summed E-state index contributed by atoms with van der Waals surface area (Å²) in [6.07, 6.45) is 5.41. The third-order valence-corrected chi connectivity index (χ3v) is 6.76. The highest BCUT2D eigenvalue weighted by molar-refractivity contribution is 7.91. The van der Waals surface area contributed by atoms with Crippen LogP contribution in [0.5, 0.6) is 0 Å². The quantitative estimate of drug-likeness (QED) is 0.878. The fourth-order valence-corrected chi connectivity index (χ4v) is 5.38. The molecule has 0 spiro atoms. The Labute approximate surface area is 119 Å². The lowest BCUT2D eigenvalue weighted by Gasteiger charge is -2.22. The summed E-state index contributed by atoms with van der Waals surface area (Å²) in [6.45, 7) is 2.68. The molecule has 0 saturated heterocycles. The van der Waals surface area contributed by atoms with Crippen molar-refractivity contribution in [2.24, 2.45) is 0 Å². The number of rotatable bonds is 5. The highest BCUT2D eigenvalue weighted by atomic mass is 32.2. The number of hydrogen-bond acceptors (Lipinski definition) is 4. The van der Waals surface area contributed by atoms with Crippen LogP contribution in [0.2, 0.25) is 0 Å². The van der Waals surface area contributed by atoms with Crippen molar-refractivity contribution in [3.05, 3.63) is 16.5 Å². The fraction of sp³-hybridized carbons (Fsp3) is 0.692. The van der Waals surface area contributed by atoms with Gasteiger partial charge in [0.15, 0.2) is 0 Å².